The molecule has 2 rings (SSSR count). The van der Waals surface area contributed by atoms with Crippen LogP contribution in [0.5, 0.6) is 5.75 Å². The third kappa shape index (κ3) is 3.09. The van der Waals surface area contributed by atoms with Crippen LogP contribution in [0.1, 0.15) is 24.8 Å². The zero-order chi connectivity index (χ0) is 13.0. The fraction of sp³-hybridized carbons (Fsp3) is 0.500. The van der Waals surface area contributed by atoms with E-state index in [9.17, 15) is 9.90 Å². The van der Waals surface area contributed by atoms with Gasteiger partial charge in [0.1, 0.15) is 12.0 Å². The zero-order valence-corrected chi connectivity index (χ0v) is 10.5. The van der Waals surface area contributed by atoms with Crippen molar-refractivity contribution in [1.82, 2.24) is 4.90 Å². The lowest BCUT2D eigenvalue weighted by molar-refractivity contribution is -0.113. The third-order valence-corrected chi connectivity index (χ3v) is 3.55. The van der Waals surface area contributed by atoms with E-state index >= 15 is 0 Å². The van der Waals surface area contributed by atoms with E-state index in [2.05, 4.69) is 4.90 Å². The molecule has 1 fully saturated rings. The molecule has 98 valence electrons. The molecule has 1 aromatic carbocycles. The first-order chi connectivity index (χ1) is 8.70. The quantitative estimate of drug-likeness (QED) is 0.791. The van der Waals surface area contributed by atoms with Crippen LogP contribution in [0, 0.1) is 0 Å². The lowest BCUT2D eigenvalue weighted by Gasteiger charge is -2.29. The number of likely N-dealkylation sites (tertiary alicyclic amines) is 1. The van der Waals surface area contributed by atoms with Gasteiger partial charge >= 0.3 is 0 Å². The average Bonchev–Trinajstić information content (AvgIpc) is 2.54. The molecule has 0 amide bonds. The monoisotopic (exact) mass is 248 g/mol. The highest BCUT2D eigenvalue weighted by molar-refractivity contribution is 5.59. The molecule has 0 saturated carbocycles. The van der Waals surface area contributed by atoms with Crippen LogP contribution in [-0.2, 0) is 11.3 Å². The summed E-state index contributed by atoms with van der Waals surface area (Å²) in [6, 6.07) is 6.84. The number of rotatable bonds is 3. The average molecular weight is 248 g/mol. The third-order valence-electron chi connectivity index (χ3n) is 3.55. The lowest BCUT2D eigenvalue weighted by atomic mass is 10.1. The highest BCUT2D eigenvalue weighted by atomic mass is 16.3. The second kappa shape index (κ2) is 5.98. The minimum atomic E-state index is -0.193. The minimum Gasteiger partial charge on any atom is -0.508 e. The molecular formula is C14H20N2O2. The number of nitrogens with zero attached hydrogens (tertiary/aromatic N) is 1. The maximum absolute atomic E-state index is 11.2. The Bertz CT molecular complexity index is 391. The number of hydrogen-bond acceptors (Lipinski definition) is 4. The molecule has 3 N–H and O–H groups in total. The first-order valence-corrected chi connectivity index (χ1v) is 6.43. The van der Waals surface area contributed by atoms with Crippen molar-refractivity contribution in [1.29, 1.82) is 0 Å². The Morgan fingerprint density at radius 1 is 1.33 bits per heavy atom. The number of hydrogen-bond donors (Lipinski definition) is 2. The van der Waals surface area contributed by atoms with Crippen LogP contribution in [0.4, 0.5) is 0 Å². The van der Waals surface area contributed by atoms with Gasteiger partial charge in [-0.3, -0.25) is 4.90 Å². The maximum atomic E-state index is 11.2. The Hall–Kier alpha value is -1.39. The number of aromatic hydroxyl groups is 1. The summed E-state index contributed by atoms with van der Waals surface area (Å²) in [6.45, 7) is 1.61. The van der Waals surface area contributed by atoms with E-state index < -0.39 is 0 Å². The summed E-state index contributed by atoms with van der Waals surface area (Å²) in [5, 5.41) is 9.26. The Morgan fingerprint density at radius 3 is 2.72 bits per heavy atom. The van der Waals surface area contributed by atoms with Crippen molar-refractivity contribution in [3.8, 4) is 5.75 Å². The molecule has 0 aromatic heterocycles. The summed E-state index contributed by atoms with van der Waals surface area (Å²) >= 11 is 0. The lowest BCUT2D eigenvalue weighted by Crippen LogP contribution is -2.47. The molecule has 18 heavy (non-hydrogen) atoms. The molecule has 1 unspecified atom stereocenters. The second-order valence-corrected chi connectivity index (χ2v) is 4.92. The molecular weight excluding hydrogens is 228 g/mol. The molecule has 0 radical (unpaired) electrons. The molecule has 0 aliphatic carbocycles. The number of carbonyl (C=O) groups is 1. The molecule has 4 heteroatoms. The van der Waals surface area contributed by atoms with E-state index in [1.54, 1.807) is 12.1 Å². The number of aldehydes is 1. The predicted molar refractivity (Wildman–Crippen MR) is 70.2 cm³/mol. The van der Waals surface area contributed by atoms with E-state index in [-0.39, 0.29) is 17.8 Å². The van der Waals surface area contributed by atoms with E-state index in [1.165, 1.54) is 0 Å². The molecule has 1 aliphatic rings. The highest BCUT2D eigenvalue weighted by Gasteiger charge is 2.26. The fourth-order valence-electron chi connectivity index (χ4n) is 2.49. The predicted octanol–water partition coefficient (Wildman–Crippen LogP) is 1.27. The molecule has 1 aromatic rings. The van der Waals surface area contributed by atoms with Gasteiger partial charge in [-0.05, 0) is 37.1 Å². The molecule has 1 aliphatic heterocycles. The van der Waals surface area contributed by atoms with Gasteiger partial charge in [0.2, 0.25) is 0 Å². The van der Waals surface area contributed by atoms with Crippen molar-refractivity contribution in [2.75, 3.05) is 6.54 Å². The number of benzene rings is 1. The Kier molecular flexibility index (Phi) is 4.33. The van der Waals surface area contributed by atoms with Gasteiger partial charge in [-0.15, -0.1) is 0 Å². The largest absolute Gasteiger partial charge is 0.508 e. The van der Waals surface area contributed by atoms with Gasteiger partial charge < -0.3 is 15.6 Å². The van der Waals surface area contributed by atoms with Gasteiger partial charge in [0.25, 0.3) is 0 Å². The maximum Gasteiger partial charge on any atom is 0.138 e. The first kappa shape index (κ1) is 13.1. The van der Waals surface area contributed by atoms with E-state index in [4.69, 9.17) is 5.73 Å². The van der Waals surface area contributed by atoms with E-state index in [1.807, 2.05) is 12.1 Å². The summed E-state index contributed by atoms with van der Waals surface area (Å²) in [5.74, 6) is 0.262. The first-order valence-electron chi connectivity index (χ1n) is 6.43. The standard InChI is InChI=1S/C14H20N2O2/c15-13-3-1-2-8-16(14(13)10-17)9-11-4-6-12(18)7-5-11/h4-7,10,13-14,18H,1-3,8-9,15H2/t13-,14?/m1/s1. The molecule has 1 saturated heterocycles. The van der Waals surface area contributed by atoms with Crippen molar-refractivity contribution in [3.05, 3.63) is 29.8 Å². The van der Waals surface area contributed by atoms with Crippen molar-refractivity contribution >= 4 is 6.29 Å². The smallest absolute Gasteiger partial charge is 0.138 e. The normalized spacial score (nSPS) is 25.6. The molecule has 1 heterocycles. The van der Waals surface area contributed by atoms with Gasteiger partial charge in [0, 0.05) is 12.6 Å². The molecule has 4 nitrogen and oxygen atoms in total. The topological polar surface area (TPSA) is 66.6 Å². The summed E-state index contributed by atoms with van der Waals surface area (Å²) in [6.07, 6.45) is 4.04. The van der Waals surface area contributed by atoms with Gasteiger partial charge in [-0.25, -0.2) is 0 Å². The van der Waals surface area contributed by atoms with Crippen LogP contribution in [0.25, 0.3) is 0 Å². The number of carbonyl (C=O) groups excluding carboxylic acids is 1. The summed E-state index contributed by atoms with van der Waals surface area (Å²) < 4.78 is 0. The van der Waals surface area contributed by atoms with Crippen molar-refractivity contribution in [2.24, 2.45) is 5.73 Å². The van der Waals surface area contributed by atoms with Crippen LogP contribution < -0.4 is 5.73 Å². The Morgan fingerprint density at radius 2 is 2.06 bits per heavy atom. The molecule has 0 spiro atoms. The molecule has 2 atom stereocenters. The summed E-state index contributed by atoms with van der Waals surface area (Å²) in [4.78, 5) is 13.4. The van der Waals surface area contributed by atoms with Crippen LogP contribution in [0.2, 0.25) is 0 Å². The fourth-order valence-corrected chi connectivity index (χ4v) is 2.49. The van der Waals surface area contributed by atoms with E-state index in [0.717, 1.165) is 37.7 Å². The highest BCUT2D eigenvalue weighted by Crippen LogP contribution is 2.18. The minimum absolute atomic E-state index is 0.0675. The van der Waals surface area contributed by atoms with Crippen molar-refractivity contribution in [3.63, 3.8) is 0 Å². The Labute approximate surface area is 107 Å². The van der Waals surface area contributed by atoms with Crippen LogP contribution in [0.15, 0.2) is 24.3 Å². The van der Waals surface area contributed by atoms with Crippen molar-refractivity contribution < 1.29 is 9.90 Å². The molecule has 0 bridgehead atoms. The van der Waals surface area contributed by atoms with Crippen LogP contribution >= 0.6 is 0 Å². The van der Waals surface area contributed by atoms with E-state index in [0.29, 0.717) is 6.54 Å². The van der Waals surface area contributed by atoms with Crippen LogP contribution in [0.3, 0.4) is 0 Å². The van der Waals surface area contributed by atoms with Gasteiger partial charge in [-0.2, -0.15) is 0 Å². The van der Waals surface area contributed by atoms with Gasteiger partial charge in [-0.1, -0.05) is 18.6 Å². The number of phenols is 1. The second-order valence-electron chi connectivity index (χ2n) is 4.92. The number of phenolic OH excluding ortho intramolecular Hbond substituents is 1. The Balaban J connectivity index is 2.09. The summed E-state index contributed by atoms with van der Waals surface area (Å²) in [5.41, 5.74) is 7.14. The number of nitrogens with two attached hydrogens (primary N) is 1. The zero-order valence-electron chi connectivity index (χ0n) is 10.5. The SMILES string of the molecule is N[C@@H]1CCCCN(Cc2ccc(O)cc2)C1C=O. The summed E-state index contributed by atoms with van der Waals surface area (Å²) in [7, 11) is 0. The van der Waals surface area contributed by atoms with Gasteiger partial charge in [0.05, 0.1) is 6.04 Å². The van der Waals surface area contributed by atoms with Gasteiger partial charge in [0.15, 0.2) is 0 Å². The van der Waals surface area contributed by atoms with Crippen LogP contribution in [-0.4, -0.2) is 34.9 Å². The van der Waals surface area contributed by atoms with Crippen molar-refractivity contribution in [2.45, 2.75) is 37.9 Å².